The molecule has 0 aromatic heterocycles. The number of benzene rings is 2. The summed E-state index contributed by atoms with van der Waals surface area (Å²) in [6.45, 7) is 2.28. The van der Waals surface area contributed by atoms with Gasteiger partial charge in [-0.3, -0.25) is 0 Å². The molecule has 0 aliphatic carbocycles. The number of halogens is 2. The van der Waals surface area contributed by atoms with Gasteiger partial charge in [-0.2, -0.15) is 0 Å². The van der Waals surface area contributed by atoms with Crippen LogP contribution in [0.25, 0.3) is 0 Å². The van der Waals surface area contributed by atoms with Gasteiger partial charge >= 0.3 is 0 Å². The van der Waals surface area contributed by atoms with Crippen molar-refractivity contribution in [1.29, 1.82) is 0 Å². The van der Waals surface area contributed by atoms with E-state index in [0.717, 1.165) is 12.5 Å². The van der Waals surface area contributed by atoms with Gasteiger partial charge in [-0.15, -0.1) is 0 Å². The summed E-state index contributed by atoms with van der Waals surface area (Å²) in [5.74, 6) is -0.883. The Kier molecular flexibility index (Phi) is 4.40. The highest BCUT2D eigenvalue weighted by Crippen LogP contribution is 2.34. The van der Waals surface area contributed by atoms with Crippen molar-refractivity contribution in [3.63, 3.8) is 0 Å². The number of nitrogens with two attached hydrogens (primary N) is 1. The number of anilines is 1. The molecule has 0 unspecified atom stereocenters. The van der Waals surface area contributed by atoms with Crippen LogP contribution < -0.4 is 15.2 Å². The van der Waals surface area contributed by atoms with Gasteiger partial charge < -0.3 is 15.2 Å². The van der Waals surface area contributed by atoms with Crippen molar-refractivity contribution in [2.24, 2.45) is 0 Å². The molecule has 0 radical (unpaired) electrons. The second-order valence-corrected chi connectivity index (χ2v) is 4.20. The molecule has 2 aromatic carbocycles. The number of hydrogen-bond acceptors (Lipinski definition) is 3. The zero-order valence-electron chi connectivity index (χ0n) is 11.0. The lowest BCUT2D eigenvalue weighted by molar-refractivity contribution is 0.299. The minimum atomic E-state index is -0.572. The molecule has 0 bridgehead atoms. The highest BCUT2D eigenvalue weighted by atomic mass is 19.1. The first kappa shape index (κ1) is 14.1. The number of ether oxygens (including phenoxy) is 2. The van der Waals surface area contributed by atoms with E-state index < -0.39 is 11.6 Å². The van der Waals surface area contributed by atoms with Crippen molar-refractivity contribution in [3.8, 4) is 17.2 Å². The van der Waals surface area contributed by atoms with Crippen LogP contribution in [-0.2, 0) is 0 Å². The lowest BCUT2D eigenvalue weighted by Crippen LogP contribution is -2.00. The van der Waals surface area contributed by atoms with Crippen LogP contribution in [0.1, 0.15) is 13.3 Å². The zero-order valence-corrected chi connectivity index (χ0v) is 11.0. The third-order valence-corrected chi connectivity index (χ3v) is 2.58. The van der Waals surface area contributed by atoms with Gasteiger partial charge in [0.1, 0.15) is 0 Å². The van der Waals surface area contributed by atoms with Crippen LogP contribution in [0.2, 0.25) is 0 Å². The second kappa shape index (κ2) is 6.23. The van der Waals surface area contributed by atoms with Crippen LogP contribution in [0.4, 0.5) is 14.5 Å². The fourth-order valence-corrected chi connectivity index (χ4v) is 1.61. The molecule has 0 aliphatic rings. The second-order valence-electron chi connectivity index (χ2n) is 4.20. The Morgan fingerprint density at radius 1 is 1.00 bits per heavy atom. The quantitative estimate of drug-likeness (QED) is 0.837. The van der Waals surface area contributed by atoms with E-state index in [-0.39, 0.29) is 22.9 Å². The van der Waals surface area contributed by atoms with Crippen LogP contribution in [0.5, 0.6) is 17.2 Å². The van der Waals surface area contributed by atoms with Crippen molar-refractivity contribution in [2.45, 2.75) is 13.3 Å². The summed E-state index contributed by atoms with van der Waals surface area (Å²) >= 11 is 0. The third kappa shape index (κ3) is 3.17. The predicted octanol–water partition coefficient (Wildman–Crippen LogP) is 4.13. The Hall–Kier alpha value is -2.30. The minimum Gasteiger partial charge on any atom is -0.490 e. The molecule has 5 heteroatoms. The van der Waals surface area contributed by atoms with Crippen molar-refractivity contribution in [3.05, 3.63) is 48.0 Å². The van der Waals surface area contributed by atoms with E-state index in [9.17, 15) is 8.78 Å². The molecule has 2 N–H and O–H groups in total. The Labute approximate surface area is 115 Å². The molecule has 0 heterocycles. The normalized spacial score (nSPS) is 10.3. The van der Waals surface area contributed by atoms with E-state index in [4.69, 9.17) is 15.2 Å². The molecule has 0 atom stereocenters. The lowest BCUT2D eigenvalue weighted by atomic mass is 10.2. The van der Waals surface area contributed by atoms with E-state index in [1.165, 1.54) is 18.2 Å². The Morgan fingerprint density at radius 2 is 1.75 bits per heavy atom. The van der Waals surface area contributed by atoms with Crippen molar-refractivity contribution in [2.75, 3.05) is 12.3 Å². The average Bonchev–Trinajstić information content (AvgIpc) is 2.43. The smallest absolute Gasteiger partial charge is 0.167 e. The molecular formula is C15H15F2NO2. The molecule has 3 nitrogen and oxygen atoms in total. The molecule has 2 rings (SSSR count). The third-order valence-electron chi connectivity index (χ3n) is 2.58. The van der Waals surface area contributed by atoms with Crippen LogP contribution in [0.3, 0.4) is 0 Å². The topological polar surface area (TPSA) is 44.5 Å². The Bertz CT molecular complexity index is 602. The van der Waals surface area contributed by atoms with E-state index in [2.05, 4.69) is 0 Å². The molecule has 20 heavy (non-hydrogen) atoms. The highest BCUT2D eigenvalue weighted by Gasteiger charge is 2.12. The lowest BCUT2D eigenvalue weighted by Gasteiger charge is -2.12. The molecule has 106 valence electrons. The molecule has 0 saturated heterocycles. The first-order valence-corrected chi connectivity index (χ1v) is 6.26. The predicted molar refractivity (Wildman–Crippen MR) is 73.1 cm³/mol. The monoisotopic (exact) mass is 279 g/mol. The van der Waals surface area contributed by atoms with Gasteiger partial charge in [0.05, 0.1) is 12.3 Å². The summed E-state index contributed by atoms with van der Waals surface area (Å²) in [6.07, 6.45) is 0.743. The molecular weight excluding hydrogens is 264 g/mol. The van der Waals surface area contributed by atoms with Crippen molar-refractivity contribution >= 4 is 5.69 Å². The van der Waals surface area contributed by atoms with Gasteiger partial charge in [0, 0.05) is 12.1 Å². The first-order chi connectivity index (χ1) is 9.61. The van der Waals surface area contributed by atoms with Gasteiger partial charge in [-0.05, 0) is 18.6 Å². The van der Waals surface area contributed by atoms with Gasteiger partial charge in [-0.1, -0.05) is 19.1 Å². The summed E-state index contributed by atoms with van der Waals surface area (Å²) in [6, 6.07) is 8.33. The van der Waals surface area contributed by atoms with Gasteiger partial charge in [0.15, 0.2) is 28.9 Å². The van der Waals surface area contributed by atoms with E-state index >= 15 is 0 Å². The minimum absolute atomic E-state index is 0.0206. The average molecular weight is 279 g/mol. The standard InChI is InChI=1S/C15H15F2NO2/c1-2-7-19-14-9-15(12(18)8-11(14)17)20-13-6-4-3-5-10(13)16/h3-6,8-9H,2,7,18H2,1H3. The maximum absolute atomic E-state index is 13.6. The number of hydrogen-bond donors (Lipinski definition) is 1. The van der Waals surface area contributed by atoms with Gasteiger partial charge in [-0.25, -0.2) is 8.78 Å². The molecule has 0 spiro atoms. The maximum Gasteiger partial charge on any atom is 0.167 e. The largest absolute Gasteiger partial charge is 0.490 e. The van der Waals surface area contributed by atoms with Gasteiger partial charge in [0.25, 0.3) is 0 Å². The fraction of sp³-hybridized carbons (Fsp3) is 0.200. The van der Waals surface area contributed by atoms with Gasteiger partial charge in [0.2, 0.25) is 0 Å². The van der Waals surface area contributed by atoms with E-state index in [1.54, 1.807) is 12.1 Å². The molecule has 2 aromatic rings. The highest BCUT2D eigenvalue weighted by molar-refractivity contribution is 5.57. The summed E-state index contributed by atoms with van der Waals surface area (Å²) in [7, 11) is 0. The van der Waals surface area contributed by atoms with E-state index in [0.29, 0.717) is 6.61 Å². The van der Waals surface area contributed by atoms with Crippen LogP contribution in [0, 0.1) is 11.6 Å². The summed E-state index contributed by atoms with van der Waals surface area (Å²) in [4.78, 5) is 0. The SMILES string of the molecule is CCCOc1cc(Oc2ccccc2F)c(N)cc1F. The summed E-state index contributed by atoms with van der Waals surface area (Å²) in [5.41, 5.74) is 5.75. The number of rotatable bonds is 5. The van der Waals surface area contributed by atoms with Crippen molar-refractivity contribution in [1.82, 2.24) is 0 Å². The van der Waals surface area contributed by atoms with Crippen molar-refractivity contribution < 1.29 is 18.3 Å². The van der Waals surface area contributed by atoms with E-state index in [1.807, 2.05) is 6.92 Å². The summed E-state index contributed by atoms with van der Waals surface area (Å²) in [5, 5.41) is 0. The first-order valence-electron chi connectivity index (χ1n) is 6.26. The van der Waals surface area contributed by atoms with Crippen LogP contribution in [-0.4, -0.2) is 6.61 Å². The Balaban J connectivity index is 2.29. The molecule has 0 amide bonds. The number of para-hydroxylation sites is 1. The summed E-state index contributed by atoms with van der Waals surface area (Å²) < 4.78 is 37.8. The Morgan fingerprint density at radius 3 is 2.45 bits per heavy atom. The molecule has 0 fully saturated rings. The number of nitrogen functional groups attached to an aromatic ring is 1. The molecule has 0 aliphatic heterocycles. The zero-order chi connectivity index (χ0) is 14.5. The fourth-order valence-electron chi connectivity index (χ4n) is 1.61. The molecule has 0 saturated carbocycles. The van der Waals surface area contributed by atoms with Crippen LogP contribution in [0.15, 0.2) is 36.4 Å². The van der Waals surface area contributed by atoms with Crippen LogP contribution >= 0.6 is 0 Å². The maximum atomic E-state index is 13.6.